The maximum Gasteiger partial charge on any atom is 0.0613 e. The van der Waals surface area contributed by atoms with E-state index in [1.165, 1.54) is 19.4 Å². The lowest BCUT2D eigenvalue weighted by Gasteiger charge is -2.32. The molecule has 0 saturated carbocycles. The quantitative estimate of drug-likeness (QED) is 0.667. The van der Waals surface area contributed by atoms with Crippen molar-refractivity contribution in [3.05, 3.63) is 0 Å². The zero-order valence-corrected chi connectivity index (χ0v) is 13.0. The van der Waals surface area contributed by atoms with Crippen molar-refractivity contribution in [3.63, 3.8) is 0 Å². The Hall–Kier alpha value is -0.160. The molecule has 1 unspecified atom stereocenters. The van der Waals surface area contributed by atoms with Crippen molar-refractivity contribution >= 4 is 0 Å². The van der Waals surface area contributed by atoms with E-state index in [2.05, 4.69) is 24.2 Å². The van der Waals surface area contributed by atoms with Crippen LogP contribution in [0.1, 0.15) is 39.0 Å². The van der Waals surface area contributed by atoms with Gasteiger partial charge >= 0.3 is 0 Å². The van der Waals surface area contributed by atoms with Crippen LogP contribution in [0.25, 0.3) is 0 Å². The predicted molar refractivity (Wildman–Crippen MR) is 79.4 cm³/mol. The minimum Gasteiger partial charge on any atom is -0.394 e. The third-order valence-electron chi connectivity index (χ3n) is 4.62. The number of rotatable bonds is 9. The highest BCUT2D eigenvalue weighted by molar-refractivity contribution is 4.84. The zero-order valence-electron chi connectivity index (χ0n) is 13.0. The first-order valence-electron chi connectivity index (χ1n) is 7.72. The molecule has 1 heterocycles. The van der Waals surface area contributed by atoms with Gasteiger partial charge in [-0.2, -0.15) is 0 Å². The number of hydrogen-bond donors (Lipinski definition) is 2. The minimum atomic E-state index is -0.0838. The van der Waals surface area contributed by atoms with Gasteiger partial charge in [0, 0.05) is 25.3 Å². The number of hydrogen-bond acceptors (Lipinski definition) is 4. The largest absolute Gasteiger partial charge is 0.394 e. The summed E-state index contributed by atoms with van der Waals surface area (Å²) in [6.07, 6.45) is 5.56. The zero-order chi connectivity index (χ0) is 14.1. The molecule has 1 rings (SSSR count). The predicted octanol–water partition coefficient (Wildman–Crippen LogP) is 1.49. The minimum absolute atomic E-state index is 0.0838. The van der Waals surface area contributed by atoms with Gasteiger partial charge in [0.15, 0.2) is 0 Å². The molecule has 1 fully saturated rings. The van der Waals surface area contributed by atoms with Crippen molar-refractivity contribution in [1.29, 1.82) is 0 Å². The van der Waals surface area contributed by atoms with Crippen molar-refractivity contribution in [3.8, 4) is 0 Å². The molecule has 0 radical (unpaired) electrons. The standard InChI is InChI=1S/C15H32N2O2/c1-4-15(13-18,16-2)8-5-9-17(3)12-14-6-10-19-11-7-14/h14,16,18H,4-13H2,1-3H3. The molecule has 0 aromatic heterocycles. The fourth-order valence-electron chi connectivity index (χ4n) is 2.90. The van der Waals surface area contributed by atoms with Crippen LogP contribution in [0.4, 0.5) is 0 Å². The highest BCUT2D eigenvalue weighted by atomic mass is 16.5. The fraction of sp³-hybridized carbons (Fsp3) is 1.00. The van der Waals surface area contributed by atoms with Crippen LogP contribution in [0, 0.1) is 5.92 Å². The Kier molecular flexibility index (Phi) is 7.91. The van der Waals surface area contributed by atoms with Gasteiger partial charge in [0.2, 0.25) is 0 Å². The van der Waals surface area contributed by atoms with Crippen molar-refractivity contribution in [2.45, 2.75) is 44.6 Å². The molecule has 0 aliphatic carbocycles. The Bertz CT molecular complexity index is 218. The molecule has 4 heteroatoms. The Morgan fingerprint density at radius 2 is 2.05 bits per heavy atom. The average Bonchev–Trinajstić information content (AvgIpc) is 2.45. The van der Waals surface area contributed by atoms with Crippen LogP contribution in [-0.2, 0) is 4.74 Å². The Morgan fingerprint density at radius 1 is 1.37 bits per heavy atom. The molecule has 2 N–H and O–H groups in total. The Labute approximate surface area is 118 Å². The number of aliphatic hydroxyl groups excluding tert-OH is 1. The average molecular weight is 272 g/mol. The van der Waals surface area contributed by atoms with E-state index in [4.69, 9.17) is 4.74 Å². The summed E-state index contributed by atoms with van der Waals surface area (Å²) < 4.78 is 5.40. The van der Waals surface area contributed by atoms with E-state index in [-0.39, 0.29) is 12.1 Å². The van der Waals surface area contributed by atoms with E-state index in [0.717, 1.165) is 44.9 Å². The lowest BCUT2D eigenvalue weighted by molar-refractivity contribution is 0.0550. The first-order chi connectivity index (χ1) is 9.15. The molecule has 0 spiro atoms. The summed E-state index contributed by atoms with van der Waals surface area (Å²) in [6.45, 7) is 6.52. The van der Waals surface area contributed by atoms with Crippen molar-refractivity contribution in [2.24, 2.45) is 5.92 Å². The van der Waals surface area contributed by atoms with E-state index in [1.807, 2.05) is 7.05 Å². The van der Waals surface area contributed by atoms with Gasteiger partial charge in [-0.25, -0.2) is 0 Å². The van der Waals surface area contributed by atoms with Crippen molar-refractivity contribution in [1.82, 2.24) is 10.2 Å². The van der Waals surface area contributed by atoms with Crippen LogP contribution >= 0.6 is 0 Å². The maximum absolute atomic E-state index is 9.51. The lowest BCUT2D eigenvalue weighted by atomic mass is 9.91. The third kappa shape index (κ3) is 5.78. The summed E-state index contributed by atoms with van der Waals surface area (Å²) in [6, 6.07) is 0. The van der Waals surface area contributed by atoms with Gasteiger partial charge in [-0.1, -0.05) is 6.92 Å². The molecular formula is C15H32N2O2. The van der Waals surface area contributed by atoms with Crippen LogP contribution in [0.2, 0.25) is 0 Å². The fourth-order valence-corrected chi connectivity index (χ4v) is 2.90. The molecule has 114 valence electrons. The number of nitrogens with one attached hydrogen (secondary N) is 1. The third-order valence-corrected chi connectivity index (χ3v) is 4.62. The Balaban J connectivity index is 2.20. The van der Waals surface area contributed by atoms with E-state index in [1.54, 1.807) is 0 Å². The van der Waals surface area contributed by atoms with E-state index in [0.29, 0.717) is 0 Å². The molecule has 0 aromatic carbocycles. The van der Waals surface area contributed by atoms with E-state index in [9.17, 15) is 5.11 Å². The topological polar surface area (TPSA) is 44.7 Å². The molecule has 1 atom stereocenters. The summed E-state index contributed by atoms with van der Waals surface area (Å²) >= 11 is 0. The summed E-state index contributed by atoms with van der Waals surface area (Å²) in [5, 5.41) is 12.8. The van der Waals surface area contributed by atoms with E-state index >= 15 is 0 Å². The van der Waals surface area contributed by atoms with Gasteiger partial charge in [0.05, 0.1) is 6.61 Å². The van der Waals surface area contributed by atoms with Crippen LogP contribution in [0.5, 0.6) is 0 Å². The van der Waals surface area contributed by atoms with Crippen molar-refractivity contribution in [2.75, 3.05) is 47.0 Å². The van der Waals surface area contributed by atoms with Gasteiger partial charge in [0.1, 0.15) is 0 Å². The molecule has 0 amide bonds. The molecule has 4 nitrogen and oxygen atoms in total. The Morgan fingerprint density at radius 3 is 2.58 bits per heavy atom. The second kappa shape index (κ2) is 8.90. The van der Waals surface area contributed by atoms with Crippen molar-refractivity contribution < 1.29 is 9.84 Å². The number of ether oxygens (including phenoxy) is 1. The van der Waals surface area contributed by atoms with Crippen LogP contribution < -0.4 is 5.32 Å². The summed E-state index contributed by atoms with van der Waals surface area (Å²) in [4.78, 5) is 2.43. The summed E-state index contributed by atoms with van der Waals surface area (Å²) in [5.74, 6) is 0.803. The van der Waals surface area contributed by atoms with E-state index < -0.39 is 0 Å². The number of aliphatic hydroxyl groups is 1. The number of likely N-dealkylation sites (N-methyl/N-ethyl adjacent to an activating group) is 1. The highest BCUT2D eigenvalue weighted by Crippen LogP contribution is 2.18. The molecule has 1 aliphatic rings. The highest BCUT2D eigenvalue weighted by Gasteiger charge is 2.24. The first kappa shape index (κ1) is 16.9. The maximum atomic E-state index is 9.51. The van der Waals surface area contributed by atoms with Gasteiger partial charge < -0.3 is 20.1 Å². The van der Waals surface area contributed by atoms with Gasteiger partial charge in [-0.3, -0.25) is 0 Å². The van der Waals surface area contributed by atoms with Crippen LogP contribution in [0.15, 0.2) is 0 Å². The second-order valence-corrected chi connectivity index (χ2v) is 5.96. The second-order valence-electron chi connectivity index (χ2n) is 5.96. The summed E-state index contributed by atoms with van der Waals surface area (Å²) in [7, 11) is 4.16. The molecule has 0 bridgehead atoms. The smallest absolute Gasteiger partial charge is 0.0613 e. The van der Waals surface area contributed by atoms with Gasteiger partial charge in [0.25, 0.3) is 0 Å². The molecule has 1 saturated heterocycles. The molecule has 19 heavy (non-hydrogen) atoms. The molecule has 1 aliphatic heterocycles. The monoisotopic (exact) mass is 272 g/mol. The first-order valence-corrected chi connectivity index (χ1v) is 7.72. The van der Waals surface area contributed by atoms with Gasteiger partial charge in [-0.05, 0) is 58.7 Å². The SMILES string of the molecule is CCC(CO)(CCCN(C)CC1CCOCC1)NC. The summed E-state index contributed by atoms with van der Waals surface area (Å²) in [5.41, 5.74) is -0.0838. The molecular weight excluding hydrogens is 240 g/mol. The number of nitrogens with zero attached hydrogens (tertiary/aromatic N) is 1. The lowest BCUT2D eigenvalue weighted by Crippen LogP contribution is -2.46. The van der Waals surface area contributed by atoms with Crippen LogP contribution in [-0.4, -0.2) is 62.6 Å². The molecule has 0 aromatic rings. The normalized spacial score (nSPS) is 20.7. The van der Waals surface area contributed by atoms with Gasteiger partial charge in [-0.15, -0.1) is 0 Å². The van der Waals surface area contributed by atoms with Crippen LogP contribution in [0.3, 0.4) is 0 Å².